The molecule has 1 atom stereocenters. The van der Waals surface area contributed by atoms with Crippen molar-refractivity contribution < 1.29 is 4.74 Å². The van der Waals surface area contributed by atoms with Gasteiger partial charge in [-0.1, -0.05) is 19.1 Å². The summed E-state index contributed by atoms with van der Waals surface area (Å²) in [7, 11) is 1.82. The zero-order valence-electron chi connectivity index (χ0n) is 14.5. The first kappa shape index (κ1) is 16.0. The third kappa shape index (κ3) is 2.35. The Morgan fingerprint density at radius 3 is 2.69 bits per heavy atom. The minimum Gasteiger partial charge on any atom is -0.422 e. The van der Waals surface area contributed by atoms with Crippen LogP contribution in [-0.4, -0.2) is 19.3 Å². The maximum absolute atomic E-state index is 9.69. The molecule has 1 aromatic carbocycles. The molecule has 4 rings (SSSR count). The lowest BCUT2D eigenvalue weighted by Crippen LogP contribution is -2.22. The molecular weight excluding hydrogens is 328 g/mol. The number of benzene rings is 1. The van der Waals surface area contributed by atoms with Gasteiger partial charge in [0.1, 0.15) is 11.6 Å². The molecule has 2 N–H and O–H groups in total. The van der Waals surface area contributed by atoms with Crippen LogP contribution in [0.15, 0.2) is 54.4 Å². The van der Waals surface area contributed by atoms with E-state index in [1.54, 1.807) is 17.2 Å². The summed E-state index contributed by atoms with van der Waals surface area (Å²) in [6, 6.07) is 10.2. The van der Waals surface area contributed by atoms with E-state index in [0.29, 0.717) is 11.5 Å². The summed E-state index contributed by atoms with van der Waals surface area (Å²) in [4.78, 5) is 4.07. The largest absolute Gasteiger partial charge is 0.422 e. The number of aryl methyl sites for hydroxylation is 2. The third-order valence-corrected chi connectivity index (χ3v) is 4.64. The average molecular weight is 346 g/mol. The standard InChI is InChI=1S/C19H18N6O/c1-3-15-17-16(14(10-20)18(21)26-19(17)24(2)23-15)12-4-6-13(7-5-12)25-9-8-22-11-25/h4-9,11,16H,3,21H2,1-2H3. The summed E-state index contributed by atoms with van der Waals surface area (Å²) in [6.07, 6.45) is 6.11. The Labute approximate surface area is 150 Å². The Bertz CT molecular complexity index is 1020. The molecule has 7 nitrogen and oxygen atoms in total. The van der Waals surface area contributed by atoms with E-state index in [1.165, 1.54) is 0 Å². The fourth-order valence-electron chi connectivity index (χ4n) is 3.40. The predicted octanol–water partition coefficient (Wildman–Crippen LogP) is 2.39. The highest BCUT2D eigenvalue weighted by molar-refractivity contribution is 5.56. The molecule has 0 saturated heterocycles. The smallest absolute Gasteiger partial charge is 0.224 e. The van der Waals surface area contributed by atoms with Gasteiger partial charge in [0.05, 0.1) is 23.5 Å². The van der Waals surface area contributed by atoms with Gasteiger partial charge >= 0.3 is 0 Å². The van der Waals surface area contributed by atoms with Crippen LogP contribution in [0.1, 0.15) is 29.7 Å². The molecule has 0 bridgehead atoms. The van der Waals surface area contributed by atoms with E-state index < -0.39 is 0 Å². The van der Waals surface area contributed by atoms with Crippen LogP contribution in [0.25, 0.3) is 5.69 Å². The zero-order chi connectivity index (χ0) is 18.3. The van der Waals surface area contributed by atoms with Gasteiger partial charge in [-0.3, -0.25) is 0 Å². The lowest BCUT2D eigenvalue weighted by molar-refractivity contribution is 0.358. The summed E-state index contributed by atoms with van der Waals surface area (Å²) in [5.74, 6) is 0.445. The van der Waals surface area contributed by atoms with E-state index in [0.717, 1.165) is 28.9 Å². The van der Waals surface area contributed by atoms with Gasteiger partial charge in [-0.2, -0.15) is 10.4 Å². The molecular formula is C19H18N6O. The van der Waals surface area contributed by atoms with E-state index >= 15 is 0 Å². The van der Waals surface area contributed by atoms with E-state index in [4.69, 9.17) is 10.5 Å². The number of fused-ring (bicyclic) bond motifs is 1. The molecule has 1 unspecified atom stereocenters. The lowest BCUT2D eigenvalue weighted by Gasteiger charge is -2.25. The summed E-state index contributed by atoms with van der Waals surface area (Å²) in [5.41, 5.74) is 10.2. The Morgan fingerprint density at radius 2 is 2.08 bits per heavy atom. The summed E-state index contributed by atoms with van der Waals surface area (Å²) < 4.78 is 9.32. The van der Waals surface area contributed by atoms with Crippen LogP contribution in [0.2, 0.25) is 0 Å². The number of hydrogen-bond donors (Lipinski definition) is 1. The molecule has 0 amide bonds. The van der Waals surface area contributed by atoms with Gasteiger partial charge in [-0.25, -0.2) is 9.67 Å². The summed E-state index contributed by atoms with van der Waals surface area (Å²) in [5, 5.41) is 14.2. The number of rotatable bonds is 3. The van der Waals surface area contributed by atoms with Crippen molar-refractivity contribution >= 4 is 0 Å². The monoisotopic (exact) mass is 346 g/mol. The van der Waals surface area contributed by atoms with E-state index in [1.807, 2.05) is 49.0 Å². The molecule has 3 heterocycles. The van der Waals surface area contributed by atoms with Crippen molar-refractivity contribution in [2.45, 2.75) is 19.3 Å². The first-order chi connectivity index (χ1) is 12.6. The molecule has 7 heteroatoms. The molecule has 130 valence electrons. The number of ether oxygens (including phenoxy) is 1. The van der Waals surface area contributed by atoms with Gasteiger partial charge in [0.15, 0.2) is 0 Å². The molecule has 0 aliphatic carbocycles. The second-order valence-electron chi connectivity index (χ2n) is 6.13. The molecule has 1 aliphatic rings. The van der Waals surface area contributed by atoms with Crippen LogP contribution in [-0.2, 0) is 13.5 Å². The number of allylic oxidation sites excluding steroid dienone is 1. The van der Waals surface area contributed by atoms with Crippen LogP contribution >= 0.6 is 0 Å². The fourth-order valence-corrected chi connectivity index (χ4v) is 3.40. The van der Waals surface area contributed by atoms with Gasteiger partial charge in [0.2, 0.25) is 11.8 Å². The van der Waals surface area contributed by atoms with Crippen LogP contribution in [0, 0.1) is 11.3 Å². The SMILES string of the molecule is CCc1nn(C)c2c1C(c1ccc(-n3ccnc3)cc1)C(C#N)=C(N)O2. The lowest BCUT2D eigenvalue weighted by atomic mass is 9.83. The van der Waals surface area contributed by atoms with Gasteiger partial charge in [-0.15, -0.1) is 0 Å². The highest BCUT2D eigenvalue weighted by Gasteiger charge is 2.35. The first-order valence-corrected chi connectivity index (χ1v) is 8.35. The molecule has 0 radical (unpaired) electrons. The average Bonchev–Trinajstić information content (AvgIpc) is 3.29. The van der Waals surface area contributed by atoms with Crippen molar-refractivity contribution in [1.82, 2.24) is 19.3 Å². The highest BCUT2D eigenvalue weighted by Crippen LogP contribution is 2.43. The van der Waals surface area contributed by atoms with Crippen LogP contribution in [0.3, 0.4) is 0 Å². The zero-order valence-corrected chi connectivity index (χ0v) is 14.5. The second-order valence-corrected chi connectivity index (χ2v) is 6.13. The van der Waals surface area contributed by atoms with Gasteiger partial charge in [0.25, 0.3) is 0 Å². The molecule has 2 aromatic heterocycles. The highest BCUT2D eigenvalue weighted by atomic mass is 16.5. The van der Waals surface area contributed by atoms with E-state index in [9.17, 15) is 5.26 Å². The second kappa shape index (κ2) is 6.08. The molecule has 1 aliphatic heterocycles. The van der Waals surface area contributed by atoms with Crippen LogP contribution in [0.5, 0.6) is 5.88 Å². The summed E-state index contributed by atoms with van der Waals surface area (Å²) in [6.45, 7) is 2.04. The van der Waals surface area contributed by atoms with Gasteiger partial charge in [0, 0.05) is 25.1 Å². The fraction of sp³-hybridized carbons (Fsp3) is 0.211. The maximum Gasteiger partial charge on any atom is 0.224 e. The van der Waals surface area contributed by atoms with Crippen LogP contribution in [0.4, 0.5) is 0 Å². The Morgan fingerprint density at radius 1 is 1.31 bits per heavy atom. The predicted molar refractivity (Wildman–Crippen MR) is 95.4 cm³/mol. The van der Waals surface area contributed by atoms with Crippen molar-refractivity contribution in [3.8, 4) is 17.6 Å². The minimum absolute atomic E-state index is 0.134. The van der Waals surface area contributed by atoms with E-state index in [2.05, 4.69) is 16.2 Å². The molecule has 26 heavy (non-hydrogen) atoms. The number of imidazole rings is 1. The number of aromatic nitrogens is 4. The number of nitriles is 1. The third-order valence-electron chi connectivity index (χ3n) is 4.64. The molecule has 0 spiro atoms. The minimum atomic E-state index is -0.288. The van der Waals surface area contributed by atoms with Gasteiger partial charge < -0.3 is 15.0 Å². The van der Waals surface area contributed by atoms with Crippen molar-refractivity contribution in [2.24, 2.45) is 12.8 Å². The van der Waals surface area contributed by atoms with Crippen molar-refractivity contribution in [3.63, 3.8) is 0 Å². The Kier molecular flexibility index (Phi) is 3.73. The summed E-state index contributed by atoms with van der Waals surface area (Å²) >= 11 is 0. The number of nitrogens with zero attached hydrogens (tertiary/aromatic N) is 5. The van der Waals surface area contributed by atoms with Crippen molar-refractivity contribution in [3.05, 3.63) is 71.3 Å². The molecule has 3 aromatic rings. The van der Waals surface area contributed by atoms with Crippen LogP contribution < -0.4 is 10.5 Å². The maximum atomic E-state index is 9.69. The normalized spacial score (nSPS) is 16.1. The Balaban J connectivity index is 1.85. The van der Waals surface area contributed by atoms with Gasteiger partial charge in [-0.05, 0) is 24.1 Å². The van der Waals surface area contributed by atoms with E-state index in [-0.39, 0.29) is 11.8 Å². The number of hydrogen-bond acceptors (Lipinski definition) is 5. The Hall–Kier alpha value is -3.53. The first-order valence-electron chi connectivity index (χ1n) is 8.35. The number of nitrogens with two attached hydrogens (primary N) is 1. The quantitative estimate of drug-likeness (QED) is 0.786. The topological polar surface area (TPSA) is 94.7 Å². The molecule has 0 saturated carbocycles. The molecule has 0 fully saturated rings. The van der Waals surface area contributed by atoms with Crippen molar-refractivity contribution in [2.75, 3.05) is 0 Å². The van der Waals surface area contributed by atoms with Crippen molar-refractivity contribution in [1.29, 1.82) is 5.26 Å².